The molecule has 16 heavy (non-hydrogen) atoms. The Labute approximate surface area is 101 Å². The molecule has 0 radical (unpaired) electrons. The number of nitrogens with two attached hydrogens (primary N) is 1. The summed E-state index contributed by atoms with van der Waals surface area (Å²) in [4.78, 5) is 1.09. The lowest BCUT2D eigenvalue weighted by atomic mass is 9.90. The molecule has 3 N–H and O–H groups in total. The fourth-order valence-corrected chi connectivity index (χ4v) is 2.35. The van der Waals surface area contributed by atoms with Gasteiger partial charge in [-0.1, -0.05) is 36.9 Å². The summed E-state index contributed by atoms with van der Waals surface area (Å²) in [5, 5.41) is 4.21. The van der Waals surface area contributed by atoms with Crippen molar-refractivity contribution in [2.45, 2.75) is 46.1 Å². The van der Waals surface area contributed by atoms with E-state index in [0.29, 0.717) is 0 Å². The molecule has 0 aliphatic carbocycles. The number of nitrogens with one attached hydrogen (secondary N) is 1. The van der Waals surface area contributed by atoms with E-state index in [1.165, 1.54) is 17.1 Å². The molecule has 1 rings (SSSR count). The molecule has 1 heterocycles. The molecule has 0 aromatic carbocycles. The van der Waals surface area contributed by atoms with Gasteiger partial charge in [-0.05, 0) is 25.4 Å². The Morgan fingerprint density at radius 3 is 2.50 bits per heavy atom. The number of nitrogens with zero attached hydrogens (tertiary/aromatic N) is 2. The molecule has 0 bridgehead atoms. The topological polar surface area (TPSA) is 63.8 Å². The summed E-state index contributed by atoms with van der Waals surface area (Å²) >= 11 is 1.40. The van der Waals surface area contributed by atoms with Crippen LogP contribution in [0.3, 0.4) is 0 Å². The molecule has 1 atom stereocenters. The van der Waals surface area contributed by atoms with Crippen molar-refractivity contribution in [3.05, 3.63) is 22.2 Å². The molecule has 1 aromatic rings. The summed E-state index contributed by atoms with van der Waals surface area (Å²) in [5.74, 6) is 5.58. The molecule has 0 saturated heterocycles. The van der Waals surface area contributed by atoms with E-state index in [-0.39, 0.29) is 11.5 Å². The van der Waals surface area contributed by atoms with Crippen LogP contribution in [-0.2, 0) is 5.41 Å². The average molecular weight is 240 g/mol. The first-order valence-electron chi connectivity index (χ1n) is 5.30. The van der Waals surface area contributed by atoms with Gasteiger partial charge >= 0.3 is 0 Å². The van der Waals surface area contributed by atoms with E-state index in [1.807, 2.05) is 0 Å². The lowest BCUT2D eigenvalue weighted by Crippen LogP contribution is -2.28. The average Bonchev–Trinajstić information content (AvgIpc) is 2.61. The predicted molar refractivity (Wildman–Crippen MR) is 68.1 cm³/mol. The van der Waals surface area contributed by atoms with Gasteiger partial charge in [0.2, 0.25) is 0 Å². The minimum absolute atomic E-state index is 0.000718. The van der Waals surface area contributed by atoms with Gasteiger partial charge in [-0.2, -0.15) is 0 Å². The Morgan fingerprint density at radius 1 is 1.44 bits per heavy atom. The summed E-state index contributed by atoms with van der Waals surface area (Å²) in [6.07, 6.45) is 2.09. The molecule has 0 aliphatic heterocycles. The molecule has 0 fully saturated rings. The second-order valence-electron chi connectivity index (χ2n) is 5.12. The fourth-order valence-electron chi connectivity index (χ4n) is 1.45. The monoisotopic (exact) mass is 240 g/mol. The number of hydrogen-bond donors (Lipinski definition) is 2. The van der Waals surface area contributed by atoms with Crippen LogP contribution in [0.2, 0.25) is 0 Å². The predicted octanol–water partition coefficient (Wildman–Crippen LogP) is 2.31. The molecule has 90 valence electrons. The van der Waals surface area contributed by atoms with Gasteiger partial charge in [0.25, 0.3) is 0 Å². The Balaban J connectivity index is 3.12. The maximum Gasteiger partial charge on any atom is 0.0860 e. The van der Waals surface area contributed by atoms with Crippen LogP contribution < -0.4 is 11.3 Å². The second-order valence-corrected chi connectivity index (χ2v) is 5.91. The fraction of sp³-hybridized carbons (Fsp3) is 0.636. The van der Waals surface area contributed by atoms with Gasteiger partial charge in [-0.15, -0.1) is 5.10 Å². The molecule has 0 aliphatic rings. The van der Waals surface area contributed by atoms with Crippen molar-refractivity contribution in [3.8, 4) is 0 Å². The second kappa shape index (κ2) is 5.03. The molecule has 5 heteroatoms. The highest BCUT2D eigenvalue weighted by atomic mass is 32.1. The van der Waals surface area contributed by atoms with Crippen molar-refractivity contribution in [2.24, 2.45) is 5.84 Å². The third kappa shape index (κ3) is 3.10. The Kier molecular flexibility index (Phi) is 4.18. The van der Waals surface area contributed by atoms with Gasteiger partial charge in [0.05, 0.1) is 16.6 Å². The lowest BCUT2D eigenvalue weighted by Gasteiger charge is -2.19. The largest absolute Gasteiger partial charge is 0.271 e. The zero-order valence-corrected chi connectivity index (χ0v) is 11.4. The van der Waals surface area contributed by atoms with Gasteiger partial charge in [-0.3, -0.25) is 5.84 Å². The van der Waals surface area contributed by atoms with Crippen LogP contribution in [0, 0.1) is 0 Å². The SMILES string of the molecule is CC(C)=CC(NN)c1snnc1C(C)(C)C. The van der Waals surface area contributed by atoms with Crippen LogP contribution in [0.15, 0.2) is 11.6 Å². The number of allylic oxidation sites excluding steroid dienone is 1. The summed E-state index contributed by atoms with van der Waals surface area (Å²) in [7, 11) is 0. The third-order valence-electron chi connectivity index (χ3n) is 2.19. The molecule has 0 spiro atoms. The normalized spacial score (nSPS) is 13.6. The summed E-state index contributed by atoms with van der Waals surface area (Å²) < 4.78 is 4.03. The van der Waals surface area contributed by atoms with Crippen LogP contribution in [-0.4, -0.2) is 9.59 Å². The Bertz CT molecular complexity index is 372. The first-order valence-corrected chi connectivity index (χ1v) is 6.07. The number of hydrazine groups is 1. The van der Waals surface area contributed by atoms with Gasteiger partial charge in [0.1, 0.15) is 0 Å². The standard InChI is InChI=1S/C11H20N4S/c1-7(2)6-8(13-12)9-10(11(3,4)5)14-15-16-9/h6,8,13H,12H2,1-5H3. The maximum atomic E-state index is 5.58. The minimum Gasteiger partial charge on any atom is -0.271 e. The van der Waals surface area contributed by atoms with Crippen molar-refractivity contribution in [2.75, 3.05) is 0 Å². The number of rotatable bonds is 3. The van der Waals surface area contributed by atoms with E-state index in [9.17, 15) is 0 Å². The summed E-state index contributed by atoms with van der Waals surface area (Å²) in [5.41, 5.74) is 5.03. The molecule has 1 unspecified atom stereocenters. The van der Waals surface area contributed by atoms with E-state index in [1.54, 1.807) is 0 Å². The van der Waals surface area contributed by atoms with Gasteiger partial charge in [0, 0.05) is 5.41 Å². The number of hydrogen-bond acceptors (Lipinski definition) is 5. The molecule has 4 nitrogen and oxygen atoms in total. The van der Waals surface area contributed by atoms with Crippen molar-refractivity contribution in [1.29, 1.82) is 0 Å². The highest BCUT2D eigenvalue weighted by Gasteiger charge is 2.25. The molecule has 0 saturated carbocycles. The molecule has 0 amide bonds. The van der Waals surface area contributed by atoms with Crippen LogP contribution in [0.5, 0.6) is 0 Å². The van der Waals surface area contributed by atoms with Crippen LogP contribution in [0.4, 0.5) is 0 Å². The van der Waals surface area contributed by atoms with Crippen LogP contribution in [0.1, 0.15) is 51.2 Å². The summed E-state index contributed by atoms with van der Waals surface area (Å²) in [6.45, 7) is 10.5. The number of aromatic nitrogens is 2. The third-order valence-corrected chi connectivity index (χ3v) is 2.99. The first kappa shape index (κ1) is 13.3. The van der Waals surface area contributed by atoms with E-state index in [0.717, 1.165) is 10.6 Å². The molecule has 1 aromatic heterocycles. The maximum absolute atomic E-state index is 5.58. The minimum atomic E-state index is -0.00702. The highest BCUT2D eigenvalue weighted by Crippen LogP contribution is 2.30. The Morgan fingerprint density at radius 2 is 2.06 bits per heavy atom. The highest BCUT2D eigenvalue weighted by molar-refractivity contribution is 7.05. The van der Waals surface area contributed by atoms with E-state index < -0.39 is 0 Å². The molecular formula is C11H20N4S. The van der Waals surface area contributed by atoms with Crippen molar-refractivity contribution in [3.63, 3.8) is 0 Å². The van der Waals surface area contributed by atoms with E-state index in [4.69, 9.17) is 5.84 Å². The van der Waals surface area contributed by atoms with Crippen molar-refractivity contribution >= 4 is 11.5 Å². The zero-order valence-electron chi connectivity index (χ0n) is 10.5. The van der Waals surface area contributed by atoms with Crippen molar-refractivity contribution < 1.29 is 0 Å². The quantitative estimate of drug-likeness (QED) is 0.483. The zero-order chi connectivity index (χ0) is 12.3. The van der Waals surface area contributed by atoms with Gasteiger partial charge in [0.15, 0.2) is 0 Å². The van der Waals surface area contributed by atoms with Gasteiger partial charge in [-0.25, -0.2) is 5.43 Å². The Hall–Kier alpha value is -0.780. The van der Waals surface area contributed by atoms with Gasteiger partial charge < -0.3 is 0 Å². The lowest BCUT2D eigenvalue weighted by molar-refractivity contribution is 0.546. The van der Waals surface area contributed by atoms with Crippen LogP contribution >= 0.6 is 11.5 Å². The molecular weight excluding hydrogens is 220 g/mol. The van der Waals surface area contributed by atoms with Crippen molar-refractivity contribution in [1.82, 2.24) is 15.0 Å². The van der Waals surface area contributed by atoms with E-state index >= 15 is 0 Å². The smallest absolute Gasteiger partial charge is 0.0860 e. The first-order chi connectivity index (χ1) is 7.36. The van der Waals surface area contributed by atoms with Crippen LogP contribution in [0.25, 0.3) is 0 Å². The van der Waals surface area contributed by atoms with E-state index in [2.05, 4.69) is 55.7 Å². The summed E-state index contributed by atoms with van der Waals surface area (Å²) in [6, 6.07) is -0.000718.